The Bertz CT molecular complexity index is 5760. The summed E-state index contributed by atoms with van der Waals surface area (Å²) in [6.45, 7) is 11.2. The Kier molecular flexibility index (Phi) is 34.1. The molecule has 21 nitrogen and oxygen atoms in total. The summed E-state index contributed by atoms with van der Waals surface area (Å²) >= 11 is 0.866. The number of aromatic hydroxyl groups is 2. The van der Waals surface area contributed by atoms with E-state index < -0.39 is 41.7 Å². The molecule has 0 aliphatic carbocycles. The fourth-order valence-electron chi connectivity index (χ4n) is 10.8. The lowest BCUT2D eigenvalue weighted by molar-refractivity contribution is -0.136. The van der Waals surface area contributed by atoms with E-state index in [1.165, 1.54) is 36.8 Å². The molecule has 0 radical (unpaired) electrons. The lowest BCUT2D eigenvalue weighted by atomic mass is 10.0. The first-order valence-corrected chi connectivity index (χ1v) is 37.9. The van der Waals surface area contributed by atoms with Crippen LogP contribution in [0.15, 0.2) is 296 Å². The maximum absolute atomic E-state index is 11.8. The van der Waals surface area contributed by atoms with Crippen LogP contribution in [0, 0.1) is 34.6 Å². The van der Waals surface area contributed by atoms with Gasteiger partial charge in [0.2, 0.25) is 0 Å². The van der Waals surface area contributed by atoms with E-state index in [4.69, 9.17) is 24.4 Å². The zero-order valence-corrected chi connectivity index (χ0v) is 67.1. The summed E-state index contributed by atoms with van der Waals surface area (Å²) in [4.78, 5) is 111. The number of thioether (sulfide) groups is 1. The van der Waals surface area contributed by atoms with Crippen LogP contribution in [-0.2, 0) is 40.0 Å². The number of imide groups is 1. The number of benzene rings is 12. The Morgan fingerprint density at radius 3 is 0.835 bits per heavy atom. The number of aryl methyl sites for hydroxylation is 5. The molecule has 0 atom stereocenters. The van der Waals surface area contributed by atoms with Gasteiger partial charge in [0.1, 0.15) is 52.8 Å². The highest BCUT2D eigenvalue weighted by Crippen LogP contribution is 2.32. The van der Waals surface area contributed by atoms with Crippen molar-refractivity contribution in [2.75, 3.05) is 0 Å². The zero-order chi connectivity index (χ0) is 87.5. The molecular formula is C99H83NO20S. The number of carbonyl (C=O) groups is 10. The molecule has 2 amide bonds. The highest BCUT2D eigenvalue weighted by atomic mass is 32.2. The van der Waals surface area contributed by atoms with Crippen molar-refractivity contribution in [3.05, 3.63) is 391 Å². The first-order chi connectivity index (χ1) is 57.9. The van der Waals surface area contributed by atoms with Gasteiger partial charge in [0, 0.05) is 18.1 Å². The van der Waals surface area contributed by atoms with Gasteiger partial charge in [-0.1, -0.05) is 222 Å². The summed E-state index contributed by atoms with van der Waals surface area (Å²) in [6.07, 6.45) is 9.78. The summed E-state index contributed by atoms with van der Waals surface area (Å²) in [6, 6.07) is 84.1. The fourth-order valence-corrected chi connectivity index (χ4v) is 11.5. The SMILES string of the molecule is CC(=O)Oc1ccc(/C(=C\c2ccc(C)cc2)C(=O)O)cc1.Cc1ccc(/C=C(/C(=O)O)c2ccc(O)cc2)cc1.Cc1ccc(/C=C(/C(=O)O)c2ccc(Oc3ccc(/C=C4\SC(=O)NC4=O)cc3)cc2)cc1.Cc1ccc(/C=C(/C(=O)O)c2ccc(Oc3ccc(C=O)cc3)cc2)cc1.Cc1ccc(C=O)cc1.O=C(O)Cc1ccc(O)cc1. The third-order valence-corrected chi connectivity index (χ3v) is 18.0. The van der Waals surface area contributed by atoms with Gasteiger partial charge in [0.05, 0.1) is 33.6 Å². The maximum Gasteiger partial charge on any atom is 0.336 e. The molecule has 0 saturated carbocycles. The van der Waals surface area contributed by atoms with E-state index in [-0.39, 0.29) is 45.5 Å². The van der Waals surface area contributed by atoms with Crippen LogP contribution in [0.1, 0.15) is 111 Å². The number of phenols is 2. The second-order valence-electron chi connectivity index (χ2n) is 26.9. The van der Waals surface area contributed by atoms with Gasteiger partial charge in [-0.15, -0.1) is 0 Å². The van der Waals surface area contributed by atoms with Crippen molar-refractivity contribution >= 4 is 124 Å². The quantitative estimate of drug-likeness (QED) is 0.0103. The molecule has 121 heavy (non-hydrogen) atoms. The van der Waals surface area contributed by atoms with Crippen LogP contribution in [0.25, 0.3) is 52.7 Å². The molecule has 0 bridgehead atoms. The predicted octanol–water partition coefficient (Wildman–Crippen LogP) is 20.7. The highest BCUT2D eigenvalue weighted by Gasteiger charge is 2.25. The molecule has 1 aliphatic rings. The van der Waals surface area contributed by atoms with E-state index in [0.717, 1.165) is 80.0 Å². The third-order valence-electron chi connectivity index (χ3n) is 17.2. The fraction of sp³-hybridized carbons (Fsp3) is 0.0707. The van der Waals surface area contributed by atoms with Crippen molar-refractivity contribution in [1.29, 1.82) is 0 Å². The van der Waals surface area contributed by atoms with Crippen LogP contribution in [0.4, 0.5) is 4.79 Å². The van der Waals surface area contributed by atoms with E-state index >= 15 is 0 Å². The highest BCUT2D eigenvalue weighted by molar-refractivity contribution is 8.18. The van der Waals surface area contributed by atoms with Crippen LogP contribution in [0.3, 0.4) is 0 Å². The number of carboxylic acids is 5. The Morgan fingerprint density at radius 2 is 0.579 bits per heavy atom. The lowest BCUT2D eigenvalue weighted by Gasteiger charge is -2.08. The normalized spacial score (nSPS) is 11.9. The summed E-state index contributed by atoms with van der Waals surface area (Å²) in [5.41, 5.74) is 14.7. The van der Waals surface area contributed by atoms with Crippen LogP contribution in [0.5, 0.6) is 40.2 Å². The standard InChI is InChI=1S/C26H19NO5S.C23H18O4.C18H16O4.C16H14O3.C8H8O3.C8H8O/c1-16-2-4-17(5-3-16)14-22(25(29)30)19-8-12-21(13-9-19)32-20-10-6-18(7-11-20)15-23-24(28)27-26(31)33-23;1-16-2-4-17(5-3-16)14-22(23(25)26)19-8-12-21(13-9-19)27-20-10-6-18(15-24)7-11-20;1-12-3-5-14(6-4-12)11-17(18(20)21)15-7-9-16(10-8-15)22-13(2)19;1-11-2-4-12(5-3-11)10-15(16(18)19)13-6-8-14(17)9-7-13;9-7-3-1-6(2-4-7)5-8(10)11;1-7-2-4-8(6-9)5-3-7/h2-15H,1H3,(H,29,30)(H,27,28,31);2-15H,1H3,(H,25,26);3-11H,1-2H3,(H,20,21);2-10,17H,1H3,(H,18,19);1-4,9H,5H2,(H,10,11);2-6H,1H3/b22-14+,23-15-;22-14+;17-11+;15-10+;;. The summed E-state index contributed by atoms with van der Waals surface area (Å²) in [5.74, 6) is -2.72. The van der Waals surface area contributed by atoms with E-state index in [0.29, 0.717) is 67.0 Å². The Labute approximate surface area is 702 Å². The van der Waals surface area contributed by atoms with Crippen LogP contribution < -0.4 is 19.5 Å². The van der Waals surface area contributed by atoms with Crippen molar-refractivity contribution < 1.29 is 97.9 Å². The number of phenolic OH excluding ortho intramolecular Hbond substituents is 2. The van der Waals surface area contributed by atoms with Gasteiger partial charge >= 0.3 is 35.8 Å². The molecule has 12 aromatic rings. The van der Waals surface area contributed by atoms with Crippen molar-refractivity contribution in [2.45, 2.75) is 48.0 Å². The average Bonchev–Trinajstić information content (AvgIpc) is 1.82. The largest absolute Gasteiger partial charge is 0.508 e. The molecule has 1 heterocycles. The number of amides is 2. The third kappa shape index (κ3) is 30.7. The number of carboxylic acid groups (broad SMARTS) is 5. The molecule has 8 N–H and O–H groups in total. The van der Waals surface area contributed by atoms with Gasteiger partial charge in [-0.3, -0.25) is 34.1 Å². The van der Waals surface area contributed by atoms with Crippen LogP contribution >= 0.6 is 11.8 Å². The van der Waals surface area contributed by atoms with Gasteiger partial charge < -0.3 is 50.0 Å². The topological polar surface area (TPSA) is 352 Å². The molecule has 1 aliphatic heterocycles. The molecule has 0 spiro atoms. The molecule has 0 aromatic heterocycles. The van der Waals surface area contributed by atoms with Gasteiger partial charge in [-0.2, -0.15) is 0 Å². The predicted molar refractivity (Wildman–Crippen MR) is 469 cm³/mol. The van der Waals surface area contributed by atoms with E-state index in [1.54, 1.807) is 176 Å². The minimum absolute atomic E-state index is 0.000278. The molecule has 0 unspecified atom stereocenters. The molecule has 610 valence electrons. The second-order valence-corrected chi connectivity index (χ2v) is 27.9. The number of esters is 1. The average molecular weight is 1640 g/mol. The number of hydrogen-bond acceptors (Lipinski definition) is 16. The first-order valence-electron chi connectivity index (χ1n) is 37.1. The number of aliphatic carboxylic acids is 5. The Hall–Kier alpha value is -15.8. The first kappa shape index (κ1) is 90.7. The minimum Gasteiger partial charge on any atom is -0.508 e. The van der Waals surface area contributed by atoms with Crippen molar-refractivity contribution in [1.82, 2.24) is 5.32 Å². The summed E-state index contributed by atoms with van der Waals surface area (Å²) < 4.78 is 16.5. The van der Waals surface area contributed by atoms with E-state index in [2.05, 4.69) is 5.32 Å². The van der Waals surface area contributed by atoms with Crippen LogP contribution in [0.2, 0.25) is 0 Å². The smallest absolute Gasteiger partial charge is 0.336 e. The summed E-state index contributed by atoms with van der Waals surface area (Å²) in [7, 11) is 0. The number of carbonyl (C=O) groups excluding carboxylic acids is 5. The summed E-state index contributed by atoms with van der Waals surface area (Å²) in [5, 5.41) is 66.2. The Morgan fingerprint density at radius 1 is 0.331 bits per heavy atom. The molecule has 13 rings (SSSR count). The van der Waals surface area contributed by atoms with Crippen LogP contribution in [-0.4, -0.2) is 95.3 Å². The van der Waals surface area contributed by atoms with E-state index in [9.17, 15) is 73.5 Å². The maximum atomic E-state index is 11.8. The molecule has 22 heteroatoms. The lowest BCUT2D eigenvalue weighted by Crippen LogP contribution is -2.17. The molecule has 12 aromatic carbocycles. The van der Waals surface area contributed by atoms with Crippen molar-refractivity contribution in [3.8, 4) is 40.2 Å². The zero-order valence-electron chi connectivity index (χ0n) is 66.3. The van der Waals surface area contributed by atoms with Gasteiger partial charge in [-0.25, -0.2) is 19.2 Å². The number of nitrogens with one attached hydrogen (secondary N) is 1. The van der Waals surface area contributed by atoms with Crippen molar-refractivity contribution in [2.24, 2.45) is 0 Å². The number of hydrogen-bond donors (Lipinski definition) is 8. The van der Waals surface area contributed by atoms with Gasteiger partial charge in [0.25, 0.3) is 11.1 Å². The second kappa shape index (κ2) is 45.5. The molecule has 1 saturated heterocycles. The minimum atomic E-state index is -1.01. The molecular weight excluding hydrogens is 1560 g/mol. The number of rotatable bonds is 22. The van der Waals surface area contributed by atoms with E-state index in [1.807, 2.05) is 156 Å². The number of aldehydes is 2. The van der Waals surface area contributed by atoms with Gasteiger partial charge in [0.15, 0.2) is 0 Å². The Balaban J connectivity index is 0.000000189. The number of ether oxygens (including phenoxy) is 3. The van der Waals surface area contributed by atoms with Gasteiger partial charge in [-0.05, 0) is 229 Å². The molecule has 1 fully saturated rings. The monoisotopic (exact) mass is 1640 g/mol. The van der Waals surface area contributed by atoms with Crippen molar-refractivity contribution in [3.63, 3.8) is 0 Å².